The fourth-order valence-corrected chi connectivity index (χ4v) is 4.08. The molecule has 0 fully saturated rings. The number of carbonyl (C=O) groups excluding carboxylic acids is 1. The van der Waals surface area contributed by atoms with Gasteiger partial charge in [0.05, 0.1) is 22.6 Å². The third kappa shape index (κ3) is 3.45. The quantitative estimate of drug-likeness (QED) is 0.433. The highest BCUT2D eigenvalue weighted by Gasteiger charge is 2.34. The number of benzene rings is 3. The van der Waals surface area contributed by atoms with Gasteiger partial charge in [0.25, 0.3) is 5.91 Å². The topological polar surface area (TPSA) is 59.0 Å². The molecule has 154 valence electrons. The van der Waals surface area contributed by atoms with E-state index in [1.807, 2.05) is 35.8 Å². The van der Waals surface area contributed by atoms with Gasteiger partial charge in [-0.15, -0.1) is 0 Å². The Balaban J connectivity index is 1.65. The number of allylic oxidation sites excluding steroid dienone is 1. The number of para-hydroxylation sites is 2. The number of rotatable bonds is 3. The van der Waals surface area contributed by atoms with Gasteiger partial charge in [0.1, 0.15) is 5.82 Å². The predicted molar refractivity (Wildman–Crippen MR) is 121 cm³/mol. The second kappa shape index (κ2) is 7.56. The highest BCUT2D eigenvalue weighted by molar-refractivity contribution is 6.30. The van der Waals surface area contributed by atoms with Crippen molar-refractivity contribution in [2.75, 3.05) is 10.6 Å². The summed E-state index contributed by atoms with van der Waals surface area (Å²) in [7, 11) is 0. The highest BCUT2D eigenvalue weighted by atomic mass is 35.5. The largest absolute Gasteiger partial charge is 0.329 e. The Morgan fingerprint density at radius 1 is 1.06 bits per heavy atom. The lowest BCUT2D eigenvalue weighted by molar-refractivity contribution is -0.113. The number of amides is 1. The number of aromatic nitrogens is 2. The minimum Gasteiger partial charge on any atom is -0.329 e. The van der Waals surface area contributed by atoms with E-state index in [0.717, 1.165) is 16.6 Å². The van der Waals surface area contributed by atoms with Crippen LogP contribution in [0.25, 0.3) is 11.0 Å². The molecule has 2 heterocycles. The van der Waals surface area contributed by atoms with Gasteiger partial charge in [-0.2, -0.15) is 0 Å². The first-order valence-corrected chi connectivity index (χ1v) is 10.2. The number of hydrogen-bond donors (Lipinski definition) is 2. The molecule has 0 saturated carbocycles. The molecule has 0 bridgehead atoms. The summed E-state index contributed by atoms with van der Waals surface area (Å²) in [5.41, 5.74) is 4.32. The maximum atomic E-state index is 13.7. The van der Waals surface area contributed by atoms with Gasteiger partial charge >= 0.3 is 0 Å². The van der Waals surface area contributed by atoms with E-state index in [4.69, 9.17) is 11.6 Å². The second-order valence-electron chi connectivity index (χ2n) is 7.37. The minimum atomic E-state index is -0.475. The van der Waals surface area contributed by atoms with Crippen LogP contribution >= 0.6 is 11.6 Å². The van der Waals surface area contributed by atoms with Gasteiger partial charge in [-0.05, 0) is 61.0 Å². The van der Waals surface area contributed by atoms with Crippen LogP contribution in [-0.4, -0.2) is 15.5 Å². The highest BCUT2D eigenvalue weighted by Crippen LogP contribution is 2.39. The molecule has 1 aromatic heterocycles. The first-order chi connectivity index (χ1) is 15.0. The third-order valence-electron chi connectivity index (χ3n) is 5.36. The number of nitrogens with zero attached hydrogens (tertiary/aromatic N) is 2. The Kier molecular flexibility index (Phi) is 4.71. The summed E-state index contributed by atoms with van der Waals surface area (Å²) in [6, 6.07) is 20.4. The van der Waals surface area contributed by atoms with E-state index in [1.54, 1.807) is 36.4 Å². The van der Waals surface area contributed by atoms with Crippen molar-refractivity contribution in [1.82, 2.24) is 9.55 Å². The fourth-order valence-electron chi connectivity index (χ4n) is 3.95. The van der Waals surface area contributed by atoms with E-state index in [1.165, 1.54) is 12.1 Å². The molecule has 1 aliphatic rings. The van der Waals surface area contributed by atoms with Gasteiger partial charge in [-0.1, -0.05) is 35.9 Å². The zero-order chi connectivity index (χ0) is 21.5. The van der Waals surface area contributed by atoms with E-state index in [9.17, 15) is 9.18 Å². The molecule has 0 spiro atoms. The van der Waals surface area contributed by atoms with E-state index in [-0.39, 0.29) is 11.7 Å². The van der Waals surface area contributed by atoms with Crippen LogP contribution < -0.4 is 10.6 Å². The fraction of sp³-hybridized carbons (Fsp3) is 0.0833. The number of halogens is 2. The van der Waals surface area contributed by atoms with E-state index in [0.29, 0.717) is 27.9 Å². The Hall–Kier alpha value is -3.64. The lowest BCUT2D eigenvalue weighted by Gasteiger charge is -2.30. The molecule has 2 N–H and O–H groups in total. The number of anilines is 2. The summed E-state index contributed by atoms with van der Waals surface area (Å²) < 4.78 is 15.6. The lowest BCUT2D eigenvalue weighted by Crippen LogP contribution is -2.30. The smallest absolute Gasteiger partial charge is 0.255 e. The molecule has 0 radical (unpaired) electrons. The number of imidazole rings is 1. The molecule has 1 atom stereocenters. The minimum absolute atomic E-state index is 0.259. The molecular weight excluding hydrogens is 415 g/mol. The molecule has 0 saturated heterocycles. The molecule has 7 heteroatoms. The van der Waals surface area contributed by atoms with Gasteiger partial charge in [0.15, 0.2) is 0 Å². The maximum Gasteiger partial charge on any atom is 0.255 e. The zero-order valence-electron chi connectivity index (χ0n) is 16.6. The monoisotopic (exact) mass is 432 g/mol. The van der Waals surface area contributed by atoms with Crippen molar-refractivity contribution in [2.24, 2.45) is 0 Å². The van der Waals surface area contributed by atoms with Crippen molar-refractivity contribution in [1.29, 1.82) is 0 Å². The van der Waals surface area contributed by atoms with Crippen LogP contribution in [-0.2, 0) is 4.79 Å². The maximum absolute atomic E-state index is 13.7. The van der Waals surface area contributed by atoms with Gasteiger partial charge in [-0.25, -0.2) is 9.37 Å². The van der Waals surface area contributed by atoms with E-state index in [2.05, 4.69) is 15.6 Å². The normalized spacial score (nSPS) is 15.5. The molecule has 1 aliphatic heterocycles. The van der Waals surface area contributed by atoms with Crippen molar-refractivity contribution in [3.8, 4) is 0 Å². The third-order valence-corrected chi connectivity index (χ3v) is 5.62. The molecule has 5 rings (SSSR count). The van der Waals surface area contributed by atoms with Crippen molar-refractivity contribution >= 4 is 40.2 Å². The number of carbonyl (C=O) groups is 1. The van der Waals surface area contributed by atoms with Crippen LogP contribution in [0.1, 0.15) is 18.5 Å². The van der Waals surface area contributed by atoms with Crippen LogP contribution in [0.2, 0.25) is 5.02 Å². The molecular formula is C24H18ClFN4O. The van der Waals surface area contributed by atoms with Crippen LogP contribution in [0.3, 0.4) is 0 Å². The zero-order valence-corrected chi connectivity index (χ0v) is 17.3. The van der Waals surface area contributed by atoms with Gasteiger partial charge in [0.2, 0.25) is 5.95 Å². The SMILES string of the molecule is CC1=C(C(=O)Nc2ccc(Cl)cc2)[C@H](c2ccc(F)cc2)n2c(nc3ccccc32)N1. The Bertz CT molecular complexity index is 1330. The van der Waals surface area contributed by atoms with Crippen molar-refractivity contribution < 1.29 is 9.18 Å². The average Bonchev–Trinajstić information content (AvgIpc) is 3.13. The van der Waals surface area contributed by atoms with Crippen molar-refractivity contribution in [3.05, 3.63) is 100 Å². The van der Waals surface area contributed by atoms with Gasteiger partial charge in [-0.3, -0.25) is 9.36 Å². The number of nitrogens with one attached hydrogen (secondary N) is 2. The number of fused-ring (bicyclic) bond motifs is 3. The first kappa shape index (κ1) is 19.3. The summed E-state index contributed by atoms with van der Waals surface area (Å²) >= 11 is 5.96. The lowest BCUT2D eigenvalue weighted by atomic mass is 9.94. The summed E-state index contributed by atoms with van der Waals surface area (Å²) in [6.45, 7) is 1.84. The molecule has 5 nitrogen and oxygen atoms in total. The van der Waals surface area contributed by atoms with Crippen LogP contribution in [0.5, 0.6) is 0 Å². The summed E-state index contributed by atoms with van der Waals surface area (Å²) in [5, 5.41) is 6.80. The molecule has 4 aromatic rings. The predicted octanol–water partition coefficient (Wildman–Crippen LogP) is 5.76. The van der Waals surface area contributed by atoms with Crippen molar-refractivity contribution in [3.63, 3.8) is 0 Å². The van der Waals surface area contributed by atoms with Crippen LogP contribution in [0.15, 0.2) is 84.1 Å². The van der Waals surface area contributed by atoms with Crippen LogP contribution in [0, 0.1) is 5.82 Å². The van der Waals surface area contributed by atoms with Crippen molar-refractivity contribution in [2.45, 2.75) is 13.0 Å². The summed E-state index contributed by atoms with van der Waals surface area (Å²) in [5.74, 6) is 0.0439. The standard InChI is InChI=1S/C24H18ClFN4O/c1-14-21(23(31)28-18-12-8-16(25)9-13-18)22(15-6-10-17(26)11-7-15)30-20-5-3-2-4-19(20)29-24(30)27-14/h2-13,22H,1H3,(H,27,29)(H,28,31)/t22-/m0/s1. The first-order valence-electron chi connectivity index (χ1n) is 9.78. The van der Waals surface area contributed by atoms with Crippen LogP contribution in [0.4, 0.5) is 16.0 Å². The molecule has 0 unspecified atom stereocenters. The van der Waals surface area contributed by atoms with E-state index < -0.39 is 6.04 Å². The summed E-state index contributed by atoms with van der Waals surface area (Å²) in [4.78, 5) is 18.1. The Morgan fingerprint density at radius 3 is 2.52 bits per heavy atom. The van der Waals surface area contributed by atoms with Gasteiger partial charge < -0.3 is 10.6 Å². The average molecular weight is 433 g/mol. The molecule has 31 heavy (non-hydrogen) atoms. The Labute approximate surface area is 183 Å². The van der Waals surface area contributed by atoms with Gasteiger partial charge in [0, 0.05) is 16.4 Å². The number of hydrogen-bond acceptors (Lipinski definition) is 3. The molecule has 3 aromatic carbocycles. The molecule has 1 amide bonds. The van der Waals surface area contributed by atoms with E-state index >= 15 is 0 Å². The molecule has 0 aliphatic carbocycles. The Morgan fingerprint density at radius 2 is 1.77 bits per heavy atom. The second-order valence-corrected chi connectivity index (χ2v) is 7.81. The summed E-state index contributed by atoms with van der Waals surface area (Å²) in [6.07, 6.45) is 0.